The van der Waals surface area contributed by atoms with Crippen LogP contribution in [0.4, 0.5) is 17.1 Å². The summed E-state index contributed by atoms with van der Waals surface area (Å²) >= 11 is 0. The Morgan fingerprint density at radius 2 is 1.50 bits per heavy atom. The molecule has 2 aromatic carbocycles. The fraction of sp³-hybridized carbons (Fsp3) is 0. The minimum atomic E-state index is 0.574. The van der Waals surface area contributed by atoms with Gasteiger partial charge < -0.3 is 11.5 Å². The van der Waals surface area contributed by atoms with Crippen LogP contribution in [-0.2, 0) is 0 Å². The molecule has 6 N–H and O–H groups in total. The van der Waals surface area contributed by atoms with E-state index in [0.29, 0.717) is 17.1 Å². The minimum Gasteiger partial charge on any atom is -0.399 e. The Balaban J connectivity index is 2.51. The summed E-state index contributed by atoms with van der Waals surface area (Å²) in [6.45, 7) is 0. The van der Waals surface area contributed by atoms with Gasteiger partial charge in [-0.2, -0.15) is 0 Å². The second-order valence-electron chi connectivity index (χ2n) is 3.54. The van der Waals surface area contributed by atoms with E-state index in [4.69, 9.17) is 16.7 Å². The number of nitrogens with one attached hydrogen (secondary N) is 1. The summed E-state index contributed by atoms with van der Waals surface area (Å²) in [7, 11) is 0. The highest BCUT2D eigenvalue weighted by atomic mass is 16.5. The molecule has 0 saturated carbocycles. The number of nitrogens with two attached hydrogens (primary N) is 2. The summed E-state index contributed by atoms with van der Waals surface area (Å²) < 4.78 is 0. The number of hydrogen-bond acceptors (Lipinski definition) is 4. The molecule has 0 bridgehead atoms. The van der Waals surface area contributed by atoms with Crippen LogP contribution in [0.15, 0.2) is 42.5 Å². The molecule has 0 aliphatic carbocycles. The summed E-state index contributed by atoms with van der Waals surface area (Å²) in [4.78, 5) is 0. The first-order valence-corrected chi connectivity index (χ1v) is 4.86. The SMILES string of the molecule is Nc1ccc(-c2ccc(N)cc2NO)cc1. The number of hydrogen-bond donors (Lipinski definition) is 4. The van der Waals surface area contributed by atoms with Gasteiger partial charge in [0.15, 0.2) is 0 Å². The molecule has 4 heteroatoms. The first-order chi connectivity index (χ1) is 7.70. The molecule has 4 nitrogen and oxygen atoms in total. The summed E-state index contributed by atoms with van der Waals surface area (Å²) in [5.74, 6) is 0. The Hall–Kier alpha value is -2.20. The van der Waals surface area contributed by atoms with E-state index in [2.05, 4.69) is 5.48 Å². The van der Waals surface area contributed by atoms with Gasteiger partial charge in [-0.3, -0.25) is 10.7 Å². The molecule has 0 radical (unpaired) electrons. The third-order valence-electron chi connectivity index (χ3n) is 2.39. The second kappa shape index (κ2) is 4.12. The molecule has 0 amide bonds. The Morgan fingerprint density at radius 1 is 0.875 bits per heavy atom. The van der Waals surface area contributed by atoms with Crippen LogP contribution >= 0.6 is 0 Å². The summed E-state index contributed by atoms with van der Waals surface area (Å²) in [6, 6.07) is 12.7. The lowest BCUT2D eigenvalue weighted by atomic mass is 10.0. The largest absolute Gasteiger partial charge is 0.399 e. The highest BCUT2D eigenvalue weighted by Gasteiger charge is 2.04. The second-order valence-corrected chi connectivity index (χ2v) is 3.54. The molecular formula is C12H13N3O. The van der Waals surface area contributed by atoms with Crippen molar-refractivity contribution in [1.29, 1.82) is 0 Å². The number of anilines is 3. The zero-order valence-corrected chi connectivity index (χ0v) is 8.64. The molecule has 0 aliphatic rings. The molecule has 16 heavy (non-hydrogen) atoms. The van der Waals surface area contributed by atoms with Crippen molar-refractivity contribution < 1.29 is 5.21 Å². The Kier molecular flexibility index (Phi) is 2.66. The summed E-state index contributed by atoms with van der Waals surface area (Å²) in [5, 5.41) is 9.03. The molecule has 2 aromatic rings. The van der Waals surface area contributed by atoms with Gasteiger partial charge in [-0.25, -0.2) is 0 Å². The van der Waals surface area contributed by atoms with Crippen molar-refractivity contribution in [2.75, 3.05) is 16.9 Å². The highest BCUT2D eigenvalue weighted by Crippen LogP contribution is 2.29. The number of nitrogen functional groups attached to an aromatic ring is 2. The predicted molar refractivity (Wildman–Crippen MR) is 66.1 cm³/mol. The molecule has 0 spiro atoms. The fourth-order valence-corrected chi connectivity index (χ4v) is 1.57. The number of benzene rings is 2. The molecule has 0 atom stereocenters. The van der Waals surface area contributed by atoms with Crippen molar-refractivity contribution in [3.05, 3.63) is 42.5 Å². The van der Waals surface area contributed by atoms with Gasteiger partial charge in [0.05, 0.1) is 5.69 Å². The van der Waals surface area contributed by atoms with Crippen LogP contribution in [0.2, 0.25) is 0 Å². The van der Waals surface area contributed by atoms with Gasteiger partial charge in [0.25, 0.3) is 0 Å². The van der Waals surface area contributed by atoms with E-state index in [1.807, 2.05) is 30.3 Å². The normalized spacial score (nSPS) is 10.1. The van der Waals surface area contributed by atoms with Crippen molar-refractivity contribution in [3.63, 3.8) is 0 Å². The van der Waals surface area contributed by atoms with Gasteiger partial charge in [0, 0.05) is 16.9 Å². The van der Waals surface area contributed by atoms with Crippen LogP contribution in [0.3, 0.4) is 0 Å². The average Bonchev–Trinajstić information content (AvgIpc) is 2.30. The van der Waals surface area contributed by atoms with Crippen LogP contribution in [0.1, 0.15) is 0 Å². The van der Waals surface area contributed by atoms with Gasteiger partial charge in [-0.1, -0.05) is 18.2 Å². The Bertz CT molecular complexity index is 494. The average molecular weight is 215 g/mol. The van der Waals surface area contributed by atoms with Crippen molar-refractivity contribution in [3.8, 4) is 11.1 Å². The maximum Gasteiger partial charge on any atom is 0.0700 e. The van der Waals surface area contributed by atoms with Gasteiger partial charge in [0.2, 0.25) is 0 Å². The maximum absolute atomic E-state index is 9.03. The van der Waals surface area contributed by atoms with E-state index >= 15 is 0 Å². The van der Waals surface area contributed by atoms with Crippen molar-refractivity contribution in [2.45, 2.75) is 0 Å². The summed E-state index contributed by atoms with van der Waals surface area (Å²) in [6.07, 6.45) is 0. The van der Waals surface area contributed by atoms with Crippen LogP contribution in [0.25, 0.3) is 11.1 Å². The molecular weight excluding hydrogens is 202 g/mol. The smallest absolute Gasteiger partial charge is 0.0700 e. The van der Waals surface area contributed by atoms with Crippen LogP contribution in [0, 0.1) is 0 Å². The molecule has 0 fully saturated rings. The highest BCUT2D eigenvalue weighted by molar-refractivity contribution is 5.80. The third kappa shape index (κ3) is 1.92. The molecule has 0 aliphatic heterocycles. The van der Waals surface area contributed by atoms with Crippen molar-refractivity contribution in [1.82, 2.24) is 0 Å². The fourth-order valence-electron chi connectivity index (χ4n) is 1.57. The number of rotatable bonds is 2. The lowest BCUT2D eigenvalue weighted by Crippen LogP contribution is -1.95. The van der Waals surface area contributed by atoms with Gasteiger partial charge >= 0.3 is 0 Å². The zero-order valence-electron chi connectivity index (χ0n) is 8.64. The molecule has 82 valence electrons. The topological polar surface area (TPSA) is 84.3 Å². The quantitative estimate of drug-likeness (QED) is 0.457. The van der Waals surface area contributed by atoms with E-state index < -0.39 is 0 Å². The Morgan fingerprint density at radius 3 is 2.12 bits per heavy atom. The molecule has 0 heterocycles. The predicted octanol–water partition coefficient (Wildman–Crippen LogP) is 2.32. The zero-order chi connectivity index (χ0) is 11.5. The van der Waals surface area contributed by atoms with E-state index in [-0.39, 0.29) is 0 Å². The van der Waals surface area contributed by atoms with E-state index in [0.717, 1.165) is 11.1 Å². The van der Waals surface area contributed by atoms with E-state index in [1.54, 1.807) is 12.1 Å². The van der Waals surface area contributed by atoms with E-state index in [9.17, 15) is 0 Å². The van der Waals surface area contributed by atoms with Crippen molar-refractivity contribution >= 4 is 17.1 Å². The summed E-state index contributed by atoms with van der Waals surface area (Å²) in [5.41, 5.74) is 17.1. The van der Waals surface area contributed by atoms with E-state index in [1.165, 1.54) is 0 Å². The monoisotopic (exact) mass is 215 g/mol. The van der Waals surface area contributed by atoms with Gasteiger partial charge in [0.1, 0.15) is 0 Å². The van der Waals surface area contributed by atoms with Gasteiger partial charge in [-0.05, 0) is 29.8 Å². The first kappa shape index (κ1) is 10.3. The molecule has 0 unspecified atom stereocenters. The van der Waals surface area contributed by atoms with Crippen LogP contribution in [0.5, 0.6) is 0 Å². The maximum atomic E-state index is 9.03. The third-order valence-corrected chi connectivity index (χ3v) is 2.39. The van der Waals surface area contributed by atoms with Gasteiger partial charge in [-0.15, -0.1) is 0 Å². The molecule has 0 saturated heterocycles. The Labute approximate surface area is 93.5 Å². The van der Waals surface area contributed by atoms with Crippen LogP contribution in [-0.4, -0.2) is 5.21 Å². The lowest BCUT2D eigenvalue weighted by Gasteiger charge is -2.09. The first-order valence-electron chi connectivity index (χ1n) is 4.86. The van der Waals surface area contributed by atoms with Crippen molar-refractivity contribution in [2.24, 2.45) is 0 Å². The molecule has 2 rings (SSSR count). The lowest BCUT2D eigenvalue weighted by molar-refractivity contribution is 0.389. The molecule has 0 aromatic heterocycles. The standard InChI is InChI=1S/C12H13N3O/c13-9-3-1-8(2-4-9)11-6-5-10(14)7-12(11)15-16/h1-7,15-16H,13-14H2. The minimum absolute atomic E-state index is 0.574. The van der Waals surface area contributed by atoms with Crippen LogP contribution < -0.4 is 16.9 Å².